The maximum Gasteiger partial charge on any atom is 0.161 e. The molecule has 2 saturated heterocycles. The molecule has 2 aliphatic heterocycles. The predicted molar refractivity (Wildman–Crippen MR) is 118 cm³/mol. The Balaban J connectivity index is 0.00000193. The van der Waals surface area contributed by atoms with E-state index in [1.54, 1.807) is 24.3 Å². The first kappa shape index (κ1) is 27.7. The molecule has 0 spiro atoms. The number of quaternary nitrogens is 2. The molecule has 9 heteroatoms. The number of likely N-dealkylation sites (tertiary alicyclic amines) is 1. The Morgan fingerprint density at radius 1 is 0.818 bits per heavy atom. The third-order valence-corrected chi connectivity index (χ3v) is 8.30. The molecule has 33 heavy (non-hydrogen) atoms. The van der Waals surface area contributed by atoms with Crippen LogP contribution in [-0.4, -0.2) is 58.7 Å². The second-order valence-electron chi connectivity index (χ2n) is 8.67. The van der Waals surface area contributed by atoms with E-state index >= 15 is 0 Å². The number of halogens is 4. The Labute approximate surface area is 207 Å². The van der Waals surface area contributed by atoms with Crippen LogP contribution >= 0.6 is 0 Å². The predicted octanol–water partition coefficient (Wildman–Crippen LogP) is -5.23. The van der Waals surface area contributed by atoms with E-state index in [4.69, 9.17) is 0 Å². The lowest BCUT2D eigenvalue weighted by atomic mass is 9.97. The highest BCUT2D eigenvalue weighted by Crippen LogP contribution is 2.23. The first-order chi connectivity index (χ1) is 14.9. The molecule has 0 saturated carbocycles. The van der Waals surface area contributed by atoms with Crippen molar-refractivity contribution >= 4 is 15.4 Å². The lowest BCUT2D eigenvalue weighted by Crippen LogP contribution is -3.21. The van der Waals surface area contributed by atoms with Crippen LogP contribution in [0.3, 0.4) is 0 Å². The van der Waals surface area contributed by atoms with Gasteiger partial charge in [0.1, 0.15) is 11.6 Å². The normalized spacial score (nSPS) is 22.5. The highest BCUT2D eigenvalue weighted by Gasteiger charge is 2.34. The molecule has 0 radical (unpaired) electrons. The SMILES string of the molecule is O=S1(=O)CC[NH+](C2CC[NH+](CC=C(c3ccc(F)cc3)c3ccc(F)cc3)CC2)CC1.[Cl-].[Cl-]. The Kier molecular flexibility index (Phi) is 10.3. The van der Waals surface area contributed by atoms with Crippen molar-refractivity contribution in [2.75, 3.05) is 44.2 Å². The van der Waals surface area contributed by atoms with Crippen molar-refractivity contribution in [1.82, 2.24) is 0 Å². The Hall–Kier alpha value is -1.51. The average molecular weight is 519 g/mol. The maximum absolute atomic E-state index is 13.4. The molecule has 0 aliphatic carbocycles. The van der Waals surface area contributed by atoms with Gasteiger partial charge in [-0.25, -0.2) is 17.2 Å². The summed E-state index contributed by atoms with van der Waals surface area (Å²) in [5.74, 6) is 0.0825. The molecule has 2 aliphatic rings. The molecule has 182 valence electrons. The van der Waals surface area contributed by atoms with Crippen LogP contribution in [0, 0.1) is 11.6 Å². The topological polar surface area (TPSA) is 43.0 Å². The number of hydrogen-bond donors (Lipinski definition) is 2. The van der Waals surface area contributed by atoms with E-state index in [0.717, 1.165) is 62.3 Å². The third kappa shape index (κ3) is 7.49. The van der Waals surface area contributed by atoms with Crippen molar-refractivity contribution in [3.63, 3.8) is 0 Å². The number of benzene rings is 2. The molecule has 4 rings (SSSR count). The van der Waals surface area contributed by atoms with Gasteiger partial charge < -0.3 is 34.6 Å². The van der Waals surface area contributed by atoms with Gasteiger partial charge in [0, 0.05) is 12.8 Å². The summed E-state index contributed by atoms with van der Waals surface area (Å²) in [6.07, 6.45) is 4.37. The van der Waals surface area contributed by atoms with Gasteiger partial charge in [0.15, 0.2) is 9.84 Å². The second kappa shape index (κ2) is 12.3. The van der Waals surface area contributed by atoms with Crippen LogP contribution in [0.25, 0.3) is 5.57 Å². The van der Waals surface area contributed by atoms with E-state index in [0.29, 0.717) is 17.5 Å². The summed E-state index contributed by atoms with van der Waals surface area (Å²) < 4.78 is 50.2. The van der Waals surface area contributed by atoms with Crippen LogP contribution in [0.1, 0.15) is 24.0 Å². The fourth-order valence-electron chi connectivity index (χ4n) is 4.75. The zero-order valence-electron chi connectivity index (χ0n) is 18.4. The van der Waals surface area contributed by atoms with Gasteiger partial charge in [0.2, 0.25) is 0 Å². The number of rotatable bonds is 5. The molecule has 0 amide bonds. The fraction of sp³-hybridized carbons (Fsp3) is 0.417. The van der Waals surface area contributed by atoms with Crippen LogP contribution in [0.4, 0.5) is 8.78 Å². The summed E-state index contributed by atoms with van der Waals surface area (Å²) in [6.45, 7) is 4.43. The lowest BCUT2D eigenvalue weighted by molar-refractivity contribution is -0.954. The summed E-state index contributed by atoms with van der Waals surface area (Å²) in [5.41, 5.74) is 2.82. The molecule has 2 fully saturated rings. The van der Waals surface area contributed by atoms with E-state index in [9.17, 15) is 17.2 Å². The minimum Gasteiger partial charge on any atom is -1.00 e. The van der Waals surface area contributed by atoms with E-state index in [-0.39, 0.29) is 36.4 Å². The molecule has 2 aromatic carbocycles. The molecule has 0 bridgehead atoms. The minimum atomic E-state index is -2.82. The van der Waals surface area contributed by atoms with Crippen molar-refractivity contribution in [2.45, 2.75) is 18.9 Å². The van der Waals surface area contributed by atoms with Crippen LogP contribution in [0.5, 0.6) is 0 Å². The van der Waals surface area contributed by atoms with Crippen molar-refractivity contribution in [2.24, 2.45) is 0 Å². The van der Waals surface area contributed by atoms with Crippen LogP contribution < -0.4 is 34.6 Å². The number of hydrogen-bond acceptors (Lipinski definition) is 2. The molecule has 2 heterocycles. The first-order valence-electron chi connectivity index (χ1n) is 11.0. The summed E-state index contributed by atoms with van der Waals surface area (Å²) in [7, 11) is -2.82. The zero-order chi connectivity index (χ0) is 21.8. The molecule has 2 aromatic rings. The van der Waals surface area contributed by atoms with Crippen molar-refractivity contribution in [3.8, 4) is 0 Å². The highest BCUT2D eigenvalue weighted by molar-refractivity contribution is 7.91. The number of piperidine rings is 1. The van der Waals surface area contributed by atoms with E-state index in [1.165, 1.54) is 34.1 Å². The Morgan fingerprint density at radius 3 is 1.73 bits per heavy atom. The second-order valence-corrected chi connectivity index (χ2v) is 11.0. The first-order valence-corrected chi connectivity index (χ1v) is 12.8. The van der Waals surface area contributed by atoms with E-state index in [1.807, 2.05) is 0 Å². The fourth-order valence-corrected chi connectivity index (χ4v) is 6.11. The van der Waals surface area contributed by atoms with Gasteiger partial charge in [-0.05, 0) is 47.0 Å². The highest BCUT2D eigenvalue weighted by atomic mass is 35.5. The molecule has 0 unspecified atom stereocenters. The third-order valence-electron chi connectivity index (χ3n) is 6.64. The van der Waals surface area contributed by atoms with Crippen LogP contribution in [0.2, 0.25) is 0 Å². The largest absolute Gasteiger partial charge is 1.00 e. The Morgan fingerprint density at radius 2 is 1.27 bits per heavy atom. The van der Waals surface area contributed by atoms with Gasteiger partial charge in [-0.2, -0.15) is 0 Å². The maximum atomic E-state index is 13.4. The van der Waals surface area contributed by atoms with Gasteiger partial charge in [-0.1, -0.05) is 24.3 Å². The number of nitrogens with one attached hydrogen (secondary N) is 2. The summed E-state index contributed by atoms with van der Waals surface area (Å²) >= 11 is 0. The standard InChI is InChI=1S/C24H28F2N2O2S.2ClH/c25-21-5-1-19(2-6-21)24(20-3-7-22(26)8-4-20)11-14-27-12-9-23(10-13-27)28-15-17-31(29,30)18-16-28;;/h1-8,11,23H,9-10,12-18H2;2*1H. The summed E-state index contributed by atoms with van der Waals surface area (Å²) in [6, 6.07) is 13.4. The number of sulfone groups is 1. The minimum absolute atomic E-state index is 0. The summed E-state index contributed by atoms with van der Waals surface area (Å²) in [4.78, 5) is 2.93. The van der Waals surface area contributed by atoms with Crippen LogP contribution in [0.15, 0.2) is 54.6 Å². The molecular formula is C24H30Cl2F2N2O2S. The van der Waals surface area contributed by atoms with Gasteiger partial charge in [-0.3, -0.25) is 0 Å². The quantitative estimate of drug-likeness (QED) is 0.415. The van der Waals surface area contributed by atoms with E-state index in [2.05, 4.69) is 6.08 Å². The van der Waals surface area contributed by atoms with E-state index < -0.39 is 9.84 Å². The van der Waals surface area contributed by atoms with Crippen LogP contribution in [-0.2, 0) is 9.84 Å². The monoisotopic (exact) mass is 518 g/mol. The molecular weight excluding hydrogens is 489 g/mol. The smallest absolute Gasteiger partial charge is 0.161 e. The summed E-state index contributed by atoms with van der Waals surface area (Å²) in [5, 5.41) is 0. The van der Waals surface area contributed by atoms with Gasteiger partial charge in [-0.15, -0.1) is 0 Å². The molecule has 2 N–H and O–H groups in total. The van der Waals surface area contributed by atoms with Crippen molar-refractivity contribution < 1.29 is 51.8 Å². The van der Waals surface area contributed by atoms with Gasteiger partial charge >= 0.3 is 0 Å². The molecule has 0 atom stereocenters. The van der Waals surface area contributed by atoms with Gasteiger partial charge in [0.25, 0.3) is 0 Å². The lowest BCUT2D eigenvalue weighted by Gasteiger charge is -2.35. The van der Waals surface area contributed by atoms with Crippen molar-refractivity contribution in [1.29, 1.82) is 0 Å². The zero-order valence-corrected chi connectivity index (χ0v) is 20.7. The van der Waals surface area contributed by atoms with Crippen molar-refractivity contribution in [3.05, 3.63) is 77.4 Å². The Bertz CT molecular complexity index is 962. The molecule has 0 aromatic heterocycles. The molecule has 4 nitrogen and oxygen atoms in total. The average Bonchev–Trinajstić information content (AvgIpc) is 2.77. The van der Waals surface area contributed by atoms with Gasteiger partial charge in [0.05, 0.1) is 50.3 Å².